The number of benzene rings is 1. The highest BCUT2D eigenvalue weighted by molar-refractivity contribution is 5.80. The molecule has 22 heavy (non-hydrogen) atoms. The molecule has 5 nitrogen and oxygen atoms in total. The van der Waals surface area contributed by atoms with Crippen LogP contribution in [-0.4, -0.2) is 21.5 Å². The lowest BCUT2D eigenvalue weighted by Gasteiger charge is -2.29. The van der Waals surface area contributed by atoms with Crippen LogP contribution < -0.4 is 10.9 Å². The predicted octanol–water partition coefficient (Wildman–Crippen LogP) is 2.09. The van der Waals surface area contributed by atoms with Crippen molar-refractivity contribution in [2.24, 2.45) is 5.92 Å². The number of carbonyl (C=O) groups is 1. The van der Waals surface area contributed by atoms with Gasteiger partial charge in [0.1, 0.15) is 6.54 Å². The third-order valence-corrected chi connectivity index (χ3v) is 4.51. The molecule has 1 aromatic heterocycles. The third-order valence-electron chi connectivity index (χ3n) is 4.51. The molecule has 0 spiro atoms. The summed E-state index contributed by atoms with van der Waals surface area (Å²) in [5.74, 6) is 0.404. The molecule has 0 aliphatic heterocycles. The summed E-state index contributed by atoms with van der Waals surface area (Å²) in [6, 6.07) is 7.60. The second-order valence-corrected chi connectivity index (χ2v) is 6.11. The minimum Gasteiger partial charge on any atom is -0.352 e. The maximum atomic E-state index is 12.3. The van der Waals surface area contributed by atoms with Gasteiger partial charge in [-0.05, 0) is 30.9 Å². The first-order chi connectivity index (χ1) is 10.6. The van der Waals surface area contributed by atoms with E-state index in [1.807, 2.05) is 24.3 Å². The molecule has 1 N–H and O–H groups in total. The van der Waals surface area contributed by atoms with E-state index in [1.165, 1.54) is 17.2 Å². The Labute approximate surface area is 129 Å². The summed E-state index contributed by atoms with van der Waals surface area (Å²) < 4.78 is 1.49. The van der Waals surface area contributed by atoms with Gasteiger partial charge < -0.3 is 5.32 Å². The van der Waals surface area contributed by atoms with E-state index in [2.05, 4.69) is 17.2 Å². The Morgan fingerprint density at radius 1 is 1.32 bits per heavy atom. The first-order valence-electron chi connectivity index (χ1n) is 7.89. The number of hydrogen-bond donors (Lipinski definition) is 1. The van der Waals surface area contributed by atoms with Crippen LogP contribution in [-0.2, 0) is 11.3 Å². The molecule has 0 radical (unpaired) electrons. The largest absolute Gasteiger partial charge is 0.352 e. The topological polar surface area (TPSA) is 64.0 Å². The highest BCUT2D eigenvalue weighted by Gasteiger charge is 2.23. The summed E-state index contributed by atoms with van der Waals surface area (Å²) in [6.45, 7) is 2.23. The number of amides is 1. The van der Waals surface area contributed by atoms with E-state index in [0.717, 1.165) is 24.8 Å². The van der Waals surface area contributed by atoms with Gasteiger partial charge in [-0.15, -0.1) is 0 Å². The van der Waals surface area contributed by atoms with E-state index in [0.29, 0.717) is 11.4 Å². The smallest absolute Gasteiger partial charge is 0.269 e. The Bertz CT molecular complexity index is 738. The van der Waals surface area contributed by atoms with Gasteiger partial charge in [-0.1, -0.05) is 31.9 Å². The molecule has 2 aromatic rings. The van der Waals surface area contributed by atoms with Gasteiger partial charge in [-0.3, -0.25) is 14.2 Å². The lowest BCUT2D eigenvalue weighted by Crippen LogP contribution is -2.43. The molecule has 1 heterocycles. The Morgan fingerprint density at radius 3 is 2.91 bits per heavy atom. The van der Waals surface area contributed by atoms with Crippen molar-refractivity contribution in [3.63, 3.8) is 0 Å². The molecular formula is C17H21N3O2. The van der Waals surface area contributed by atoms with Crippen molar-refractivity contribution in [2.75, 3.05) is 0 Å². The van der Waals surface area contributed by atoms with E-state index < -0.39 is 0 Å². The van der Waals surface area contributed by atoms with Crippen LogP contribution >= 0.6 is 0 Å². The normalized spacial score (nSPS) is 21.7. The van der Waals surface area contributed by atoms with Gasteiger partial charge >= 0.3 is 0 Å². The average molecular weight is 299 g/mol. The molecule has 1 amide bonds. The zero-order valence-electron chi connectivity index (χ0n) is 12.8. The van der Waals surface area contributed by atoms with Crippen LogP contribution in [0.4, 0.5) is 0 Å². The molecule has 1 fully saturated rings. The monoisotopic (exact) mass is 299 g/mol. The Morgan fingerprint density at radius 2 is 2.09 bits per heavy atom. The van der Waals surface area contributed by atoms with E-state index in [1.54, 1.807) is 0 Å². The molecular weight excluding hydrogens is 278 g/mol. The zero-order chi connectivity index (χ0) is 15.5. The molecule has 3 rings (SSSR count). The lowest BCUT2D eigenvalue weighted by molar-refractivity contribution is -0.122. The summed E-state index contributed by atoms with van der Waals surface area (Å²) in [5.41, 5.74) is 1.17. The Hall–Kier alpha value is -2.17. The molecule has 116 valence electrons. The van der Waals surface area contributed by atoms with Gasteiger partial charge in [0.25, 0.3) is 5.56 Å². The van der Waals surface area contributed by atoms with Crippen LogP contribution in [0.25, 0.3) is 11.0 Å². The van der Waals surface area contributed by atoms with Gasteiger partial charge in [0.2, 0.25) is 5.91 Å². The van der Waals surface area contributed by atoms with Crippen molar-refractivity contribution in [3.8, 4) is 0 Å². The number of nitrogens with zero attached hydrogens (tertiary/aromatic N) is 2. The standard InChI is InChI=1S/C17H21N3O2/c1-12-6-2-3-7-13(12)19-16(21)11-20-15-9-5-4-8-14(15)18-10-17(20)22/h4-5,8-10,12-13H,2-3,6-7,11H2,1H3,(H,19,21)/t12-,13-/m1/s1. The maximum absolute atomic E-state index is 12.3. The summed E-state index contributed by atoms with van der Waals surface area (Å²) in [5, 5.41) is 3.09. The van der Waals surface area contributed by atoms with Crippen molar-refractivity contribution in [1.29, 1.82) is 0 Å². The van der Waals surface area contributed by atoms with E-state index in [4.69, 9.17) is 0 Å². The lowest BCUT2D eigenvalue weighted by atomic mass is 9.86. The molecule has 1 saturated carbocycles. The fraction of sp³-hybridized carbons (Fsp3) is 0.471. The first kappa shape index (κ1) is 14.8. The van der Waals surface area contributed by atoms with Crippen molar-refractivity contribution >= 4 is 16.9 Å². The molecule has 0 unspecified atom stereocenters. The number of aromatic nitrogens is 2. The van der Waals surface area contributed by atoms with Gasteiger partial charge in [-0.25, -0.2) is 4.98 Å². The second-order valence-electron chi connectivity index (χ2n) is 6.11. The van der Waals surface area contributed by atoms with Gasteiger partial charge in [0.05, 0.1) is 17.2 Å². The summed E-state index contributed by atoms with van der Waals surface area (Å²) in [4.78, 5) is 28.5. The van der Waals surface area contributed by atoms with Crippen molar-refractivity contribution < 1.29 is 4.79 Å². The molecule has 1 aliphatic carbocycles. The van der Waals surface area contributed by atoms with Gasteiger partial charge in [-0.2, -0.15) is 0 Å². The molecule has 0 saturated heterocycles. The number of nitrogens with one attached hydrogen (secondary N) is 1. The molecule has 1 aliphatic rings. The van der Waals surface area contributed by atoms with Gasteiger partial charge in [0, 0.05) is 6.04 Å². The minimum absolute atomic E-state index is 0.0467. The van der Waals surface area contributed by atoms with E-state index >= 15 is 0 Å². The van der Waals surface area contributed by atoms with E-state index in [-0.39, 0.29) is 24.1 Å². The summed E-state index contributed by atoms with van der Waals surface area (Å²) in [6.07, 6.45) is 5.86. The van der Waals surface area contributed by atoms with E-state index in [9.17, 15) is 9.59 Å². The third kappa shape index (κ3) is 3.03. The fourth-order valence-corrected chi connectivity index (χ4v) is 3.20. The molecule has 2 atom stereocenters. The quantitative estimate of drug-likeness (QED) is 0.944. The Balaban J connectivity index is 1.79. The van der Waals surface area contributed by atoms with Crippen LogP contribution in [0.1, 0.15) is 32.6 Å². The number of para-hydroxylation sites is 2. The predicted molar refractivity (Wildman–Crippen MR) is 85.6 cm³/mol. The SMILES string of the molecule is C[C@@H]1CCCC[C@H]1NC(=O)Cn1c(=O)cnc2ccccc21. The first-order valence-corrected chi connectivity index (χ1v) is 7.89. The molecule has 1 aromatic carbocycles. The number of rotatable bonds is 3. The number of carbonyl (C=O) groups excluding carboxylic acids is 1. The van der Waals surface area contributed by atoms with Crippen LogP contribution in [0, 0.1) is 5.92 Å². The van der Waals surface area contributed by atoms with Crippen molar-refractivity contribution in [2.45, 2.75) is 45.2 Å². The van der Waals surface area contributed by atoms with Crippen LogP contribution in [0.15, 0.2) is 35.3 Å². The van der Waals surface area contributed by atoms with Gasteiger partial charge in [0.15, 0.2) is 0 Å². The van der Waals surface area contributed by atoms with Crippen molar-refractivity contribution in [3.05, 3.63) is 40.8 Å². The zero-order valence-corrected chi connectivity index (χ0v) is 12.8. The summed E-state index contributed by atoms with van der Waals surface area (Å²) in [7, 11) is 0. The van der Waals surface area contributed by atoms with Crippen LogP contribution in [0.2, 0.25) is 0 Å². The number of fused-ring (bicyclic) bond motifs is 1. The highest BCUT2D eigenvalue weighted by atomic mass is 16.2. The van der Waals surface area contributed by atoms with Crippen LogP contribution in [0.3, 0.4) is 0 Å². The van der Waals surface area contributed by atoms with Crippen LogP contribution in [0.5, 0.6) is 0 Å². The second kappa shape index (κ2) is 6.30. The summed E-state index contributed by atoms with van der Waals surface area (Å²) >= 11 is 0. The molecule has 5 heteroatoms. The minimum atomic E-state index is -0.245. The molecule has 0 bridgehead atoms. The highest BCUT2D eigenvalue weighted by Crippen LogP contribution is 2.23. The Kier molecular flexibility index (Phi) is 4.22. The maximum Gasteiger partial charge on any atom is 0.269 e. The number of hydrogen-bond acceptors (Lipinski definition) is 3. The van der Waals surface area contributed by atoms with Crippen molar-refractivity contribution in [1.82, 2.24) is 14.9 Å². The average Bonchev–Trinajstić information content (AvgIpc) is 2.52. The fourth-order valence-electron chi connectivity index (χ4n) is 3.20.